The minimum atomic E-state index is -0.199. The summed E-state index contributed by atoms with van der Waals surface area (Å²) in [6.45, 7) is 7.93. The molecule has 0 saturated heterocycles. The van der Waals surface area contributed by atoms with Crippen LogP contribution in [0.3, 0.4) is 0 Å². The molecule has 0 aliphatic rings. The van der Waals surface area contributed by atoms with Crippen LogP contribution in [0.4, 0.5) is 0 Å². The quantitative estimate of drug-likeness (QED) is 0.849. The molecule has 1 unspecified atom stereocenters. The molecule has 4 heteroatoms. The lowest BCUT2D eigenvalue weighted by molar-refractivity contribution is -0.132. The van der Waals surface area contributed by atoms with Gasteiger partial charge in [-0.3, -0.25) is 4.79 Å². The fourth-order valence-electron chi connectivity index (χ4n) is 1.86. The number of nitriles is 1. The predicted octanol–water partition coefficient (Wildman–Crippen LogP) is 1.90. The number of carbonyl (C=O) groups excluding carboxylic acids is 1. The first kappa shape index (κ1) is 15.2. The van der Waals surface area contributed by atoms with Crippen LogP contribution >= 0.6 is 0 Å². The molecular weight excluding hydrogens is 238 g/mol. The van der Waals surface area contributed by atoms with Gasteiger partial charge < -0.3 is 10.2 Å². The minimum Gasteiger partial charge on any atom is -0.342 e. The van der Waals surface area contributed by atoms with Crippen molar-refractivity contribution in [2.75, 3.05) is 13.1 Å². The molecule has 1 amide bonds. The van der Waals surface area contributed by atoms with Gasteiger partial charge in [-0.2, -0.15) is 5.26 Å². The first-order chi connectivity index (χ1) is 9.12. The lowest BCUT2D eigenvalue weighted by Gasteiger charge is -2.23. The summed E-state index contributed by atoms with van der Waals surface area (Å²) in [5.41, 5.74) is 1.72. The van der Waals surface area contributed by atoms with Crippen LogP contribution < -0.4 is 5.32 Å². The molecule has 4 nitrogen and oxygen atoms in total. The highest BCUT2D eigenvalue weighted by molar-refractivity contribution is 5.81. The zero-order chi connectivity index (χ0) is 14.3. The molecule has 0 aliphatic heterocycles. The number of amides is 1. The van der Waals surface area contributed by atoms with Crippen LogP contribution in [0.2, 0.25) is 0 Å². The van der Waals surface area contributed by atoms with Crippen molar-refractivity contribution in [1.82, 2.24) is 10.2 Å². The predicted molar refractivity (Wildman–Crippen MR) is 75.4 cm³/mol. The summed E-state index contributed by atoms with van der Waals surface area (Å²) >= 11 is 0. The number of benzene rings is 1. The highest BCUT2D eigenvalue weighted by Crippen LogP contribution is 2.04. The van der Waals surface area contributed by atoms with Gasteiger partial charge in [0.15, 0.2) is 0 Å². The average Bonchev–Trinajstić information content (AvgIpc) is 2.46. The number of rotatable bonds is 6. The third kappa shape index (κ3) is 4.38. The van der Waals surface area contributed by atoms with E-state index in [9.17, 15) is 4.79 Å². The standard InChI is InChI=1S/C15H21N3O/c1-4-18(5-2)15(19)12(3)17-11-14-8-6-13(10-16)7-9-14/h6-9,12,17H,4-5,11H2,1-3H3. The Bertz CT molecular complexity index is 443. The normalized spacial score (nSPS) is 11.7. The van der Waals surface area contributed by atoms with Gasteiger partial charge in [0.1, 0.15) is 0 Å². The van der Waals surface area contributed by atoms with Crippen LogP contribution in [0.25, 0.3) is 0 Å². The molecule has 19 heavy (non-hydrogen) atoms. The molecule has 0 aliphatic carbocycles. The molecule has 0 aromatic heterocycles. The van der Waals surface area contributed by atoms with E-state index in [0.717, 1.165) is 18.7 Å². The van der Waals surface area contributed by atoms with E-state index in [1.807, 2.05) is 37.8 Å². The SMILES string of the molecule is CCN(CC)C(=O)C(C)NCc1ccc(C#N)cc1. The summed E-state index contributed by atoms with van der Waals surface area (Å²) in [6, 6.07) is 9.26. The lowest BCUT2D eigenvalue weighted by Crippen LogP contribution is -2.44. The molecule has 0 heterocycles. The Morgan fingerprint density at radius 3 is 2.37 bits per heavy atom. The molecule has 0 radical (unpaired) electrons. The van der Waals surface area contributed by atoms with Crippen molar-refractivity contribution in [3.63, 3.8) is 0 Å². The summed E-state index contributed by atoms with van der Waals surface area (Å²) in [5.74, 6) is 0.124. The van der Waals surface area contributed by atoms with E-state index in [1.165, 1.54) is 0 Å². The molecule has 0 bridgehead atoms. The summed E-state index contributed by atoms with van der Waals surface area (Å²) in [4.78, 5) is 13.9. The summed E-state index contributed by atoms with van der Waals surface area (Å²) in [5, 5.41) is 11.9. The molecule has 0 saturated carbocycles. The maximum atomic E-state index is 12.0. The minimum absolute atomic E-state index is 0.124. The fourth-order valence-corrected chi connectivity index (χ4v) is 1.86. The van der Waals surface area contributed by atoms with Crippen molar-refractivity contribution in [1.29, 1.82) is 5.26 Å². The van der Waals surface area contributed by atoms with Gasteiger partial charge in [-0.15, -0.1) is 0 Å². The summed E-state index contributed by atoms with van der Waals surface area (Å²) < 4.78 is 0. The molecule has 0 spiro atoms. The molecule has 0 fully saturated rings. The smallest absolute Gasteiger partial charge is 0.239 e. The van der Waals surface area contributed by atoms with Crippen LogP contribution in [0.1, 0.15) is 31.9 Å². The maximum absolute atomic E-state index is 12.0. The monoisotopic (exact) mass is 259 g/mol. The van der Waals surface area contributed by atoms with E-state index >= 15 is 0 Å². The number of likely N-dealkylation sites (N-methyl/N-ethyl adjacent to an activating group) is 1. The van der Waals surface area contributed by atoms with Crippen molar-refractivity contribution in [3.8, 4) is 6.07 Å². The van der Waals surface area contributed by atoms with Gasteiger partial charge in [0.25, 0.3) is 0 Å². The first-order valence-corrected chi connectivity index (χ1v) is 6.63. The zero-order valence-electron chi connectivity index (χ0n) is 11.8. The molecular formula is C15H21N3O. The molecule has 1 rings (SSSR count). The number of carbonyl (C=O) groups is 1. The van der Waals surface area contributed by atoms with E-state index < -0.39 is 0 Å². The second-order valence-corrected chi connectivity index (χ2v) is 4.42. The Balaban J connectivity index is 2.51. The van der Waals surface area contributed by atoms with E-state index in [2.05, 4.69) is 11.4 Å². The Hall–Kier alpha value is -1.86. The second-order valence-electron chi connectivity index (χ2n) is 4.42. The van der Waals surface area contributed by atoms with E-state index in [0.29, 0.717) is 12.1 Å². The topological polar surface area (TPSA) is 56.1 Å². The van der Waals surface area contributed by atoms with E-state index in [-0.39, 0.29) is 11.9 Å². The number of nitrogens with zero attached hydrogens (tertiary/aromatic N) is 2. The Labute approximate surface area is 115 Å². The highest BCUT2D eigenvalue weighted by atomic mass is 16.2. The van der Waals surface area contributed by atoms with Crippen LogP contribution in [-0.4, -0.2) is 29.9 Å². The second kappa shape index (κ2) is 7.55. The van der Waals surface area contributed by atoms with E-state index in [1.54, 1.807) is 12.1 Å². The van der Waals surface area contributed by atoms with Crippen LogP contribution in [0, 0.1) is 11.3 Å². The van der Waals surface area contributed by atoms with Gasteiger partial charge in [-0.1, -0.05) is 12.1 Å². The van der Waals surface area contributed by atoms with Crippen molar-refractivity contribution >= 4 is 5.91 Å². The summed E-state index contributed by atoms with van der Waals surface area (Å²) in [7, 11) is 0. The van der Waals surface area contributed by atoms with Gasteiger partial charge >= 0.3 is 0 Å². The third-order valence-electron chi connectivity index (χ3n) is 3.14. The zero-order valence-corrected chi connectivity index (χ0v) is 11.8. The van der Waals surface area contributed by atoms with Gasteiger partial charge in [0.05, 0.1) is 17.7 Å². The number of hydrogen-bond acceptors (Lipinski definition) is 3. The van der Waals surface area contributed by atoms with Gasteiger partial charge in [0, 0.05) is 19.6 Å². The molecule has 102 valence electrons. The summed E-state index contributed by atoms with van der Waals surface area (Å²) in [6.07, 6.45) is 0. The largest absolute Gasteiger partial charge is 0.342 e. The fraction of sp³-hybridized carbons (Fsp3) is 0.467. The van der Waals surface area contributed by atoms with Gasteiger partial charge in [-0.25, -0.2) is 0 Å². The molecule has 1 aromatic rings. The lowest BCUT2D eigenvalue weighted by atomic mass is 10.1. The van der Waals surface area contributed by atoms with Crippen molar-refractivity contribution in [2.24, 2.45) is 0 Å². The maximum Gasteiger partial charge on any atom is 0.239 e. The van der Waals surface area contributed by atoms with Crippen LogP contribution in [-0.2, 0) is 11.3 Å². The number of hydrogen-bond donors (Lipinski definition) is 1. The third-order valence-corrected chi connectivity index (χ3v) is 3.14. The van der Waals surface area contributed by atoms with Gasteiger partial charge in [-0.05, 0) is 38.5 Å². The molecule has 1 aromatic carbocycles. The van der Waals surface area contributed by atoms with Gasteiger partial charge in [0.2, 0.25) is 5.91 Å². The van der Waals surface area contributed by atoms with Crippen LogP contribution in [0.15, 0.2) is 24.3 Å². The first-order valence-electron chi connectivity index (χ1n) is 6.63. The van der Waals surface area contributed by atoms with Crippen molar-refractivity contribution in [2.45, 2.75) is 33.4 Å². The van der Waals surface area contributed by atoms with Crippen LogP contribution in [0.5, 0.6) is 0 Å². The Morgan fingerprint density at radius 1 is 1.32 bits per heavy atom. The average molecular weight is 259 g/mol. The van der Waals surface area contributed by atoms with E-state index in [4.69, 9.17) is 5.26 Å². The highest BCUT2D eigenvalue weighted by Gasteiger charge is 2.17. The molecule has 1 atom stereocenters. The van der Waals surface area contributed by atoms with Crippen molar-refractivity contribution < 1.29 is 4.79 Å². The Morgan fingerprint density at radius 2 is 1.89 bits per heavy atom. The number of nitrogens with one attached hydrogen (secondary N) is 1. The molecule has 1 N–H and O–H groups in total. The Kier molecular flexibility index (Phi) is 6.04. The van der Waals surface area contributed by atoms with Crippen molar-refractivity contribution in [3.05, 3.63) is 35.4 Å².